The summed E-state index contributed by atoms with van der Waals surface area (Å²) in [5.74, 6) is 0.177. The molecule has 4 heteroatoms. The number of pyridine rings is 1. The number of hydrogen-bond acceptors (Lipinski definition) is 3. The lowest BCUT2D eigenvalue weighted by molar-refractivity contribution is 0.473. The summed E-state index contributed by atoms with van der Waals surface area (Å²) in [6.07, 6.45) is 7.93. The van der Waals surface area contributed by atoms with Crippen LogP contribution in [0, 0.1) is 0 Å². The third-order valence-electron chi connectivity index (χ3n) is 2.14. The largest absolute Gasteiger partial charge is 0.506 e. The van der Waals surface area contributed by atoms with Crippen molar-refractivity contribution in [1.82, 2.24) is 14.8 Å². The standard InChI is InChI=1S/C11H13N3O/c1-2-3-14-8-10(6-13-14)9-4-11(15)7-12-5-9/h4-8,15H,2-3H2,1H3. The minimum Gasteiger partial charge on any atom is -0.506 e. The van der Waals surface area contributed by atoms with Crippen LogP contribution in [0.2, 0.25) is 0 Å². The van der Waals surface area contributed by atoms with Gasteiger partial charge in [0.25, 0.3) is 0 Å². The van der Waals surface area contributed by atoms with Crippen LogP contribution in [0.1, 0.15) is 13.3 Å². The molecule has 0 fully saturated rings. The molecule has 0 aromatic carbocycles. The molecule has 2 heterocycles. The predicted octanol–water partition coefficient (Wildman–Crippen LogP) is 2.06. The van der Waals surface area contributed by atoms with Gasteiger partial charge in [-0.2, -0.15) is 5.10 Å². The molecule has 2 rings (SSSR count). The molecular formula is C11H13N3O. The van der Waals surface area contributed by atoms with E-state index in [1.54, 1.807) is 18.5 Å². The summed E-state index contributed by atoms with van der Waals surface area (Å²) in [7, 11) is 0. The van der Waals surface area contributed by atoms with Crippen LogP contribution in [0.25, 0.3) is 11.1 Å². The fourth-order valence-electron chi connectivity index (χ4n) is 1.45. The van der Waals surface area contributed by atoms with Gasteiger partial charge in [0.15, 0.2) is 0 Å². The molecule has 0 saturated carbocycles. The van der Waals surface area contributed by atoms with Crippen LogP contribution in [0.3, 0.4) is 0 Å². The van der Waals surface area contributed by atoms with E-state index >= 15 is 0 Å². The van der Waals surface area contributed by atoms with Gasteiger partial charge >= 0.3 is 0 Å². The first-order chi connectivity index (χ1) is 7.29. The highest BCUT2D eigenvalue weighted by atomic mass is 16.3. The molecule has 2 aromatic heterocycles. The van der Waals surface area contributed by atoms with Gasteiger partial charge in [0.1, 0.15) is 5.75 Å². The molecule has 4 nitrogen and oxygen atoms in total. The summed E-state index contributed by atoms with van der Waals surface area (Å²) in [5.41, 5.74) is 1.87. The Labute approximate surface area is 88.2 Å². The first-order valence-corrected chi connectivity index (χ1v) is 4.96. The smallest absolute Gasteiger partial charge is 0.134 e. The van der Waals surface area contributed by atoms with Crippen LogP contribution in [0.5, 0.6) is 5.75 Å². The number of nitrogens with zero attached hydrogens (tertiary/aromatic N) is 3. The Kier molecular flexibility index (Phi) is 2.67. The quantitative estimate of drug-likeness (QED) is 0.830. The van der Waals surface area contributed by atoms with Crippen LogP contribution < -0.4 is 0 Å². The van der Waals surface area contributed by atoms with Crippen molar-refractivity contribution < 1.29 is 5.11 Å². The summed E-state index contributed by atoms with van der Waals surface area (Å²) in [6.45, 7) is 3.02. The highest BCUT2D eigenvalue weighted by molar-refractivity contribution is 5.61. The van der Waals surface area contributed by atoms with Gasteiger partial charge in [-0.3, -0.25) is 9.67 Å². The molecule has 0 spiro atoms. The molecule has 1 N–H and O–H groups in total. The zero-order valence-corrected chi connectivity index (χ0v) is 8.59. The van der Waals surface area contributed by atoms with Crippen molar-refractivity contribution in [3.63, 3.8) is 0 Å². The van der Waals surface area contributed by atoms with Gasteiger partial charge in [0.2, 0.25) is 0 Å². The summed E-state index contributed by atoms with van der Waals surface area (Å²) < 4.78 is 1.89. The van der Waals surface area contributed by atoms with Crippen LogP contribution in [0.15, 0.2) is 30.9 Å². The Balaban J connectivity index is 2.29. The Bertz CT molecular complexity index is 451. The van der Waals surface area contributed by atoms with Gasteiger partial charge < -0.3 is 5.11 Å². The molecule has 0 aliphatic carbocycles. The molecule has 0 aliphatic rings. The van der Waals surface area contributed by atoms with E-state index in [4.69, 9.17) is 0 Å². The van der Waals surface area contributed by atoms with E-state index in [2.05, 4.69) is 17.0 Å². The monoisotopic (exact) mass is 203 g/mol. The predicted molar refractivity (Wildman–Crippen MR) is 57.4 cm³/mol. The van der Waals surface area contributed by atoms with E-state index < -0.39 is 0 Å². The summed E-state index contributed by atoms with van der Waals surface area (Å²) >= 11 is 0. The molecule has 0 bridgehead atoms. The average Bonchev–Trinajstić information content (AvgIpc) is 2.67. The van der Waals surface area contributed by atoms with E-state index in [9.17, 15) is 5.11 Å². The highest BCUT2D eigenvalue weighted by Gasteiger charge is 2.02. The average molecular weight is 203 g/mol. The fourth-order valence-corrected chi connectivity index (χ4v) is 1.45. The number of aromatic nitrogens is 3. The first kappa shape index (κ1) is 9.71. The van der Waals surface area contributed by atoms with Crippen LogP contribution in [0.4, 0.5) is 0 Å². The molecule has 0 amide bonds. The Morgan fingerprint density at radius 2 is 2.13 bits per heavy atom. The SMILES string of the molecule is CCCn1cc(-c2cncc(O)c2)cn1. The molecule has 15 heavy (non-hydrogen) atoms. The molecule has 0 aliphatic heterocycles. The molecule has 0 unspecified atom stereocenters. The van der Waals surface area contributed by atoms with Crippen molar-refractivity contribution in [2.45, 2.75) is 19.9 Å². The second-order valence-electron chi connectivity index (χ2n) is 3.42. The van der Waals surface area contributed by atoms with E-state index in [1.807, 2.05) is 10.9 Å². The number of rotatable bonds is 3. The molecule has 2 aromatic rings. The molecule has 0 atom stereocenters. The Hall–Kier alpha value is -1.84. The minimum absolute atomic E-state index is 0.177. The van der Waals surface area contributed by atoms with E-state index in [0.717, 1.165) is 24.1 Å². The maximum absolute atomic E-state index is 9.29. The minimum atomic E-state index is 0.177. The van der Waals surface area contributed by atoms with E-state index in [0.29, 0.717) is 0 Å². The van der Waals surface area contributed by atoms with Gasteiger partial charge in [-0.1, -0.05) is 6.92 Å². The number of aromatic hydroxyl groups is 1. The highest BCUT2D eigenvalue weighted by Crippen LogP contribution is 2.20. The number of aryl methyl sites for hydroxylation is 1. The first-order valence-electron chi connectivity index (χ1n) is 4.96. The van der Waals surface area contributed by atoms with Crippen LogP contribution in [-0.4, -0.2) is 19.9 Å². The topological polar surface area (TPSA) is 50.9 Å². The summed E-state index contributed by atoms with van der Waals surface area (Å²) in [6, 6.07) is 1.68. The third-order valence-corrected chi connectivity index (χ3v) is 2.14. The molecule has 0 radical (unpaired) electrons. The van der Waals surface area contributed by atoms with Crippen molar-refractivity contribution in [2.24, 2.45) is 0 Å². The van der Waals surface area contributed by atoms with Crippen molar-refractivity contribution >= 4 is 0 Å². The van der Waals surface area contributed by atoms with Gasteiger partial charge in [0.05, 0.1) is 12.4 Å². The van der Waals surface area contributed by atoms with E-state index in [1.165, 1.54) is 6.20 Å². The van der Waals surface area contributed by atoms with Crippen molar-refractivity contribution in [1.29, 1.82) is 0 Å². The van der Waals surface area contributed by atoms with Gasteiger partial charge in [-0.15, -0.1) is 0 Å². The Morgan fingerprint density at radius 3 is 2.87 bits per heavy atom. The maximum atomic E-state index is 9.29. The normalized spacial score (nSPS) is 10.5. The third kappa shape index (κ3) is 2.15. The lowest BCUT2D eigenvalue weighted by Crippen LogP contribution is -1.95. The lowest BCUT2D eigenvalue weighted by Gasteiger charge is -1.97. The maximum Gasteiger partial charge on any atom is 0.134 e. The lowest BCUT2D eigenvalue weighted by atomic mass is 10.2. The molecule has 78 valence electrons. The fraction of sp³-hybridized carbons (Fsp3) is 0.273. The van der Waals surface area contributed by atoms with Gasteiger partial charge in [-0.25, -0.2) is 0 Å². The molecule has 0 saturated heterocycles. The zero-order valence-electron chi connectivity index (χ0n) is 8.59. The zero-order chi connectivity index (χ0) is 10.7. The Morgan fingerprint density at radius 1 is 1.27 bits per heavy atom. The van der Waals surface area contributed by atoms with Crippen molar-refractivity contribution in [2.75, 3.05) is 0 Å². The summed E-state index contributed by atoms with van der Waals surface area (Å²) in [4.78, 5) is 3.93. The second-order valence-corrected chi connectivity index (χ2v) is 3.42. The van der Waals surface area contributed by atoms with Crippen LogP contribution in [-0.2, 0) is 6.54 Å². The van der Waals surface area contributed by atoms with Crippen LogP contribution >= 0.6 is 0 Å². The molecular weight excluding hydrogens is 190 g/mol. The number of hydrogen-bond donors (Lipinski definition) is 1. The van der Waals surface area contributed by atoms with Gasteiger partial charge in [-0.05, 0) is 12.5 Å². The van der Waals surface area contributed by atoms with Gasteiger partial charge in [0, 0.05) is 30.1 Å². The summed E-state index contributed by atoms with van der Waals surface area (Å²) in [5, 5.41) is 13.5. The second kappa shape index (κ2) is 4.13. The van der Waals surface area contributed by atoms with Crippen molar-refractivity contribution in [3.8, 4) is 16.9 Å². The van der Waals surface area contributed by atoms with E-state index in [-0.39, 0.29) is 5.75 Å². The van der Waals surface area contributed by atoms with Crippen molar-refractivity contribution in [3.05, 3.63) is 30.9 Å².